The van der Waals surface area contributed by atoms with Gasteiger partial charge in [0, 0.05) is 13.0 Å². The highest BCUT2D eigenvalue weighted by atomic mass is 16.3. The average molecular weight is 245 g/mol. The predicted octanol–water partition coefficient (Wildman–Crippen LogP) is 3.15. The molecule has 1 aromatic heterocycles. The van der Waals surface area contributed by atoms with Crippen molar-refractivity contribution in [2.24, 2.45) is 5.92 Å². The molecule has 0 radical (unpaired) electrons. The second kappa shape index (κ2) is 6.24. The van der Waals surface area contributed by atoms with Gasteiger partial charge < -0.3 is 9.32 Å². The molecule has 0 spiro atoms. The van der Waals surface area contributed by atoms with E-state index in [9.17, 15) is 4.79 Å². The van der Waals surface area contributed by atoms with Gasteiger partial charge in [-0.1, -0.05) is 18.2 Å². The van der Waals surface area contributed by atoms with Crippen LogP contribution in [0.15, 0.2) is 47.6 Å². The Morgan fingerprint density at radius 3 is 3.11 bits per heavy atom. The third kappa shape index (κ3) is 3.36. The number of hydrogen-bond donors (Lipinski definition) is 0. The number of hydrogen-bond acceptors (Lipinski definition) is 2. The normalized spacial score (nSPS) is 17.9. The van der Waals surface area contributed by atoms with E-state index >= 15 is 0 Å². The topological polar surface area (TPSA) is 33.5 Å². The molecule has 0 aliphatic heterocycles. The van der Waals surface area contributed by atoms with E-state index in [1.807, 2.05) is 12.1 Å². The summed E-state index contributed by atoms with van der Waals surface area (Å²) in [6.45, 7) is 4.79. The minimum absolute atomic E-state index is 0.169. The van der Waals surface area contributed by atoms with E-state index in [1.54, 1.807) is 17.2 Å². The fraction of sp³-hybridized carbons (Fsp3) is 0.400. The van der Waals surface area contributed by atoms with E-state index in [4.69, 9.17) is 4.42 Å². The van der Waals surface area contributed by atoms with Crippen LogP contribution in [0.2, 0.25) is 0 Å². The summed E-state index contributed by atoms with van der Waals surface area (Å²) >= 11 is 0. The Bertz CT molecular complexity index is 420. The van der Waals surface area contributed by atoms with Crippen molar-refractivity contribution in [1.82, 2.24) is 4.90 Å². The van der Waals surface area contributed by atoms with Crippen LogP contribution >= 0.6 is 0 Å². The van der Waals surface area contributed by atoms with Crippen LogP contribution in [0.4, 0.5) is 0 Å². The lowest BCUT2D eigenvalue weighted by Crippen LogP contribution is -2.31. The lowest BCUT2D eigenvalue weighted by Gasteiger charge is -2.21. The van der Waals surface area contributed by atoms with Crippen LogP contribution in [0.1, 0.15) is 25.0 Å². The third-order valence-electron chi connectivity index (χ3n) is 3.18. The van der Waals surface area contributed by atoms with E-state index in [0.29, 0.717) is 25.4 Å². The number of rotatable bonds is 6. The molecule has 1 atom stereocenters. The van der Waals surface area contributed by atoms with Crippen molar-refractivity contribution in [3.8, 4) is 0 Å². The quantitative estimate of drug-likeness (QED) is 0.721. The molecule has 2 rings (SSSR count). The molecule has 1 heterocycles. The second-order valence-electron chi connectivity index (χ2n) is 4.61. The van der Waals surface area contributed by atoms with Gasteiger partial charge >= 0.3 is 0 Å². The van der Waals surface area contributed by atoms with Gasteiger partial charge in [0.25, 0.3) is 0 Å². The van der Waals surface area contributed by atoms with Crippen LogP contribution in [-0.4, -0.2) is 17.4 Å². The fourth-order valence-corrected chi connectivity index (χ4v) is 2.22. The molecule has 0 fully saturated rings. The molecular weight excluding hydrogens is 226 g/mol. The van der Waals surface area contributed by atoms with Gasteiger partial charge in [-0.25, -0.2) is 0 Å². The van der Waals surface area contributed by atoms with Gasteiger partial charge in [0.05, 0.1) is 12.8 Å². The van der Waals surface area contributed by atoms with Crippen molar-refractivity contribution >= 4 is 5.91 Å². The minimum atomic E-state index is 0.169. The molecule has 1 aromatic rings. The zero-order valence-electron chi connectivity index (χ0n) is 10.5. The van der Waals surface area contributed by atoms with Crippen molar-refractivity contribution in [3.05, 3.63) is 49.0 Å². The van der Waals surface area contributed by atoms with Gasteiger partial charge in [-0.3, -0.25) is 4.79 Å². The second-order valence-corrected chi connectivity index (χ2v) is 4.61. The molecule has 1 amide bonds. The van der Waals surface area contributed by atoms with E-state index in [-0.39, 0.29) is 5.91 Å². The zero-order chi connectivity index (χ0) is 12.8. The molecule has 0 saturated heterocycles. The van der Waals surface area contributed by atoms with Crippen molar-refractivity contribution < 1.29 is 9.21 Å². The number of carbonyl (C=O) groups is 1. The van der Waals surface area contributed by atoms with Gasteiger partial charge in [-0.15, -0.1) is 6.58 Å². The Morgan fingerprint density at radius 2 is 2.50 bits per heavy atom. The minimum Gasteiger partial charge on any atom is -0.467 e. The van der Waals surface area contributed by atoms with E-state index < -0.39 is 0 Å². The van der Waals surface area contributed by atoms with Gasteiger partial charge in [0.2, 0.25) is 5.91 Å². The first-order valence-electron chi connectivity index (χ1n) is 6.37. The maximum absolute atomic E-state index is 12.2. The zero-order valence-corrected chi connectivity index (χ0v) is 10.5. The average Bonchev–Trinajstić information content (AvgIpc) is 3.01. The summed E-state index contributed by atoms with van der Waals surface area (Å²) in [6.07, 6.45) is 10.5. The molecule has 0 N–H and O–H groups in total. The monoisotopic (exact) mass is 245 g/mol. The molecule has 1 unspecified atom stereocenters. The highest BCUT2D eigenvalue weighted by molar-refractivity contribution is 5.76. The molecular formula is C15H19NO2. The molecule has 18 heavy (non-hydrogen) atoms. The van der Waals surface area contributed by atoms with Crippen LogP contribution in [-0.2, 0) is 11.3 Å². The van der Waals surface area contributed by atoms with Gasteiger partial charge in [0.1, 0.15) is 5.76 Å². The Labute approximate surface area is 108 Å². The van der Waals surface area contributed by atoms with Gasteiger partial charge in [-0.2, -0.15) is 0 Å². The lowest BCUT2D eigenvalue weighted by molar-refractivity contribution is -0.132. The van der Waals surface area contributed by atoms with E-state index in [0.717, 1.165) is 18.6 Å². The smallest absolute Gasteiger partial charge is 0.223 e. The Kier molecular flexibility index (Phi) is 4.40. The fourth-order valence-electron chi connectivity index (χ4n) is 2.22. The molecule has 0 aromatic carbocycles. The largest absolute Gasteiger partial charge is 0.467 e. The lowest BCUT2D eigenvalue weighted by atomic mass is 10.0. The van der Waals surface area contributed by atoms with E-state index in [2.05, 4.69) is 18.7 Å². The summed E-state index contributed by atoms with van der Waals surface area (Å²) in [5.74, 6) is 1.39. The predicted molar refractivity (Wildman–Crippen MR) is 70.8 cm³/mol. The van der Waals surface area contributed by atoms with Crippen LogP contribution in [0, 0.1) is 5.92 Å². The Hall–Kier alpha value is -1.77. The number of nitrogens with zero attached hydrogens (tertiary/aromatic N) is 1. The number of carbonyl (C=O) groups excluding carboxylic acids is 1. The van der Waals surface area contributed by atoms with Gasteiger partial charge in [-0.05, 0) is 30.9 Å². The summed E-state index contributed by atoms with van der Waals surface area (Å²) < 4.78 is 5.29. The molecule has 1 aliphatic carbocycles. The first-order valence-corrected chi connectivity index (χ1v) is 6.37. The Morgan fingerprint density at radius 1 is 1.61 bits per heavy atom. The van der Waals surface area contributed by atoms with Crippen LogP contribution in [0.25, 0.3) is 0 Å². The van der Waals surface area contributed by atoms with E-state index in [1.165, 1.54) is 0 Å². The van der Waals surface area contributed by atoms with Crippen LogP contribution < -0.4 is 0 Å². The van der Waals surface area contributed by atoms with Crippen LogP contribution in [0.3, 0.4) is 0 Å². The standard InChI is InChI=1S/C15H19NO2/c1-2-9-16(12-14-8-5-10-18-14)15(17)11-13-6-3-4-7-13/h2-3,5-6,8,10,13H,1,4,7,9,11-12H2. The van der Waals surface area contributed by atoms with Crippen LogP contribution in [0.5, 0.6) is 0 Å². The number of allylic oxidation sites excluding steroid dienone is 2. The number of furan rings is 1. The third-order valence-corrected chi connectivity index (χ3v) is 3.18. The maximum atomic E-state index is 12.2. The summed E-state index contributed by atoms with van der Waals surface area (Å²) in [7, 11) is 0. The molecule has 3 heteroatoms. The van der Waals surface area contributed by atoms with Crippen molar-refractivity contribution in [3.63, 3.8) is 0 Å². The first-order chi connectivity index (χ1) is 8.79. The SMILES string of the molecule is C=CCN(Cc1ccco1)C(=O)CC1C=CCC1. The van der Waals surface area contributed by atoms with Crippen molar-refractivity contribution in [2.45, 2.75) is 25.8 Å². The molecule has 3 nitrogen and oxygen atoms in total. The van der Waals surface area contributed by atoms with Crippen molar-refractivity contribution in [1.29, 1.82) is 0 Å². The molecule has 1 aliphatic rings. The first kappa shape index (κ1) is 12.7. The van der Waals surface area contributed by atoms with Gasteiger partial charge in [0.15, 0.2) is 0 Å². The van der Waals surface area contributed by atoms with Crippen molar-refractivity contribution in [2.75, 3.05) is 6.54 Å². The highest BCUT2D eigenvalue weighted by Gasteiger charge is 2.19. The molecule has 96 valence electrons. The molecule has 0 saturated carbocycles. The number of amides is 1. The highest BCUT2D eigenvalue weighted by Crippen LogP contribution is 2.21. The summed E-state index contributed by atoms with van der Waals surface area (Å²) in [5.41, 5.74) is 0. The molecule has 0 bridgehead atoms. The summed E-state index contributed by atoms with van der Waals surface area (Å²) in [4.78, 5) is 14.0. The summed E-state index contributed by atoms with van der Waals surface area (Å²) in [6, 6.07) is 3.73. The summed E-state index contributed by atoms with van der Waals surface area (Å²) in [5, 5.41) is 0. The maximum Gasteiger partial charge on any atom is 0.223 e. The Balaban J connectivity index is 1.93.